The van der Waals surface area contributed by atoms with Gasteiger partial charge in [-0.25, -0.2) is 0 Å². The van der Waals surface area contributed by atoms with Gasteiger partial charge in [-0.2, -0.15) is 0 Å². The van der Waals surface area contributed by atoms with Gasteiger partial charge in [0, 0.05) is 181 Å². The summed E-state index contributed by atoms with van der Waals surface area (Å²) in [7, 11) is 0.663. The second-order valence-corrected chi connectivity index (χ2v) is 32.2. The van der Waals surface area contributed by atoms with Crippen molar-refractivity contribution in [3.8, 4) is 0 Å². The maximum absolute atomic E-state index is 14.5. The summed E-state index contributed by atoms with van der Waals surface area (Å²) in [6.07, 6.45) is 27.7. The number of amides is 5. The average molecular weight is 1590 g/mol. The van der Waals surface area contributed by atoms with Crippen LogP contribution in [0.25, 0.3) is 0 Å². The Kier molecular flexibility index (Phi) is 71.1. The lowest BCUT2D eigenvalue weighted by Crippen LogP contribution is -2.43. The van der Waals surface area contributed by atoms with E-state index in [0.717, 1.165) is 25.7 Å². The molecular formula is C83H151N5O21P-. The molecule has 0 heterocycles. The van der Waals surface area contributed by atoms with Crippen molar-refractivity contribution in [1.29, 1.82) is 0 Å². The van der Waals surface area contributed by atoms with Crippen LogP contribution >= 0.6 is 7.60 Å². The lowest BCUT2D eigenvalue weighted by atomic mass is 9.90. The maximum atomic E-state index is 14.5. The summed E-state index contributed by atoms with van der Waals surface area (Å²) < 4.78 is 48.6. The molecule has 0 radical (unpaired) electrons. The van der Waals surface area contributed by atoms with Crippen LogP contribution in [0.1, 0.15) is 316 Å². The predicted octanol–water partition coefficient (Wildman–Crippen LogP) is 12.1. The van der Waals surface area contributed by atoms with Crippen molar-refractivity contribution >= 4 is 71.8 Å². The zero-order valence-corrected chi connectivity index (χ0v) is 70.0. The molecule has 0 aliphatic heterocycles. The number of ketones is 6. The largest absolute Gasteiger partial charge is 0.778 e. The quantitative estimate of drug-likeness (QED) is 0.0243. The number of methoxy groups -OCH3 is 3. The fourth-order valence-electron chi connectivity index (χ4n) is 12.5. The molecule has 0 aromatic heterocycles. The highest BCUT2D eigenvalue weighted by atomic mass is 31.2. The fraction of sp³-hybridized carbons (Fsp3) is 0.867. The van der Waals surface area contributed by atoms with E-state index in [-0.39, 0.29) is 174 Å². The first-order chi connectivity index (χ1) is 53.1. The molecule has 5 amide bonds. The van der Waals surface area contributed by atoms with E-state index < -0.39 is 37.0 Å². The molecule has 0 fully saturated rings. The van der Waals surface area contributed by atoms with Crippen LogP contribution in [0.2, 0.25) is 0 Å². The van der Waals surface area contributed by atoms with E-state index in [4.69, 9.17) is 32.9 Å². The van der Waals surface area contributed by atoms with Crippen molar-refractivity contribution in [3.05, 3.63) is 0 Å². The van der Waals surface area contributed by atoms with Crippen molar-refractivity contribution in [2.45, 2.75) is 328 Å². The number of rotatable bonds is 84. The summed E-state index contributed by atoms with van der Waals surface area (Å²) in [6.45, 7) is 9.73. The molecule has 26 nitrogen and oxygen atoms in total. The molecule has 640 valence electrons. The number of carbonyl (C=O) groups excluding carboxylic acids is 11. The lowest BCUT2D eigenvalue weighted by Gasteiger charge is -2.28. The summed E-state index contributed by atoms with van der Waals surface area (Å²) >= 11 is 0. The Balaban J connectivity index is 6.06. The normalized spacial score (nSPS) is 13.1. The minimum absolute atomic E-state index is 0.0233. The monoisotopic (exact) mass is 1590 g/mol. The Bertz CT molecular complexity index is 2470. The van der Waals surface area contributed by atoms with Gasteiger partial charge >= 0.3 is 0 Å². The Morgan fingerprint density at radius 3 is 1.19 bits per heavy atom. The number of Topliss-reactive ketones (excluding diaryl/α,β-unsaturated/α-hetero) is 6. The summed E-state index contributed by atoms with van der Waals surface area (Å²) in [5.74, 6) is -3.88. The summed E-state index contributed by atoms with van der Waals surface area (Å²) in [4.78, 5) is 158. The van der Waals surface area contributed by atoms with Crippen molar-refractivity contribution in [3.63, 3.8) is 0 Å². The van der Waals surface area contributed by atoms with Gasteiger partial charge < -0.3 is 74.1 Å². The molecule has 0 aliphatic carbocycles. The summed E-state index contributed by atoms with van der Waals surface area (Å²) in [5.41, 5.74) is -0.684. The van der Waals surface area contributed by atoms with Gasteiger partial charge in [-0.3, -0.25) is 52.7 Å². The molecule has 0 spiro atoms. The molecule has 0 aromatic carbocycles. The first-order valence-electron chi connectivity index (χ1n) is 42.4. The van der Waals surface area contributed by atoms with E-state index >= 15 is 0 Å². The second-order valence-electron chi connectivity index (χ2n) is 29.9. The molecule has 110 heavy (non-hydrogen) atoms. The van der Waals surface area contributed by atoms with Crippen LogP contribution in [-0.4, -0.2) is 201 Å². The van der Waals surface area contributed by atoms with Gasteiger partial charge in [0.2, 0.25) is 29.5 Å². The van der Waals surface area contributed by atoms with Crippen LogP contribution in [0.5, 0.6) is 0 Å². The molecule has 27 heteroatoms. The van der Waals surface area contributed by atoms with E-state index in [0.29, 0.717) is 195 Å². The van der Waals surface area contributed by atoms with Crippen LogP contribution in [-0.2, 0) is 90.2 Å². The van der Waals surface area contributed by atoms with Gasteiger partial charge in [-0.15, -0.1) is 0 Å². The third-order valence-electron chi connectivity index (χ3n) is 19.6. The molecule has 5 atom stereocenters. The fourth-order valence-corrected chi connectivity index (χ4v) is 13.2. The van der Waals surface area contributed by atoms with Crippen LogP contribution in [0.3, 0.4) is 0 Å². The van der Waals surface area contributed by atoms with Gasteiger partial charge in [0.1, 0.15) is 36.5 Å². The Hall–Kier alpha value is -4.76. The predicted molar refractivity (Wildman–Crippen MR) is 426 cm³/mol. The topological polar surface area (TPSA) is 373 Å². The maximum Gasteiger partial charge on any atom is 0.223 e. The number of ether oxygens (including phenoxy) is 6. The summed E-state index contributed by atoms with van der Waals surface area (Å²) in [6, 6.07) is -1.02. The minimum Gasteiger partial charge on any atom is -0.778 e. The second kappa shape index (κ2) is 74.4. The molecular weight excluding hydrogens is 1430 g/mol. The van der Waals surface area contributed by atoms with Crippen LogP contribution in [0, 0.1) is 17.8 Å². The molecule has 0 rings (SSSR count). The Labute approximate surface area is 661 Å². The van der Waals surface area contributed by atoms with Gasteiger partial charge in [-0.05, 0) is 89.9 Å². The molecule has 0 aliphatic rings. The van der Waals surface area contributed by atoms with Crippen molar-refractivity contribution in [2.75, 3.05) is 120 Å². The number of unbranched alkanes of at least 4 members (excludes halogenated alkanes) is 20. The smallest absolute Gasteiger partial charge is 0.223 e. The number of aliphatic hydroxyl groups is 1. The zero-order valence-electron chi connectivity index (χ0n) is 69.1. The van der Waals surface area contributed by atoms with Crippen LogP contribution in [0.15, 0.2) is 0 Å². The van der Waals surface area contributed by atoms with Gasteiger partial charge in [0.05, 0.1) is 58.9 Å². The third kappa shape index (κ3) is 65.6. The van der Waals surface area contributed by atoms with Crippen molar-refractivity contribution < 1.29 is 100 Å². The summed E-state index contributed by atoms with van der Waals surface area (Å²) in [5, 5.41) is 24.3. The Morgan fingerprint density at radius 2 is 0.727 bits per heavy atom. The SMILES string of the molecule is CCCCCCCCCCCCCCCC(=O)CCCCCC(CC(=O)CCCCCNC(=O)C(CCCCCC(=O)CCC(=O)NCCOCCOC)CC(=O)C(CCCCNC(=O)CCC(=O)CCCOCCOC)NC(=O)CCC(=O)CCCOCCOC)C(=O)NCCCCC(CO)COP(=O)([O-])C(C)C. The van der Waals surface area contributed by atoms with E-state index in [1.807, 2.05) is 0 Å². The highest BCUT2D eigenvalue weighted by Crippen LogP contribution is 2.43. The van der Waals surface area contributed by atoms with Gasteiger partial charge in [0.15, 0.2) is 5.78 Å². The first-order valence-corrected chi connectivity index (χ1v) is 44.0. The van der Waals surface area contributed by atoms with Crippen molar-refractivity contribution in [2.24, 2.45) is 17.8 Å². The standard InChI is InChI=1S/C83H152N5O21P/c1-7-8-9-10-11-12-13-14-15-16-17-18-24-38-72(90)39-25-19-22-36-70(82(99)87-53-31-28-35-69(66-89)67-109-110(101,102)68(2)3)64-76(94)41-27-21-30-52-86-83(100)71(37-23-20-26-40-73(91)45-49-80(97)85-54-57-108-63-60-105-6)65-78(95)77(88-81(98)50-47-75(93)43-34-56-107-62-59-104-5)44-29-32-51-84-79(96)48-46-74(92)42-33-55-106-61-58-103-4/h68-71,77,89H,7-67H2,1-6H3,(H,84,96)(H,85,97)(H,86,100)(H,87,99)(H,88,98)(H,101,102)/p-1. The molecule has 0 saturated heterocycles. The lowest BCUT2D eigenvalue weighted by molar-refractivity contribution is -0.202. The molecule has 0 aromatic rings. The third-order valence-corrected chi connectivity index (χ3v) is 21.4. The van der Waals surface area contributed by atoms with E-state index in [2.05, 4.69) is 33.5 Å². The Morgan fingerprint density at radius 1 is 0.364 bits per heavy atom. The molecule has 5 unspecified atom stereocenters. The van der Waals surface area contributed by atoms with E-state index in [9.17, 15) is 67.3 Å². The van der Waals surface area contributed by atoms with E-state index in [1.54, 1.807) is 21.3 Å². The van der Waals surface area contributed by atoms with Gasteiger partial charge in [-0.1, -0.05) is 136 Å². The van der Waals surface area contributed by atoms with Gasteiger partial charge in [0.25, 0.3) is 0 Å². The first kappa shape index (κ1) is 105. The number of carbonyl (C=O) groups is 11. The molecule has 0 bridgehead atoms. The molecule has 0 saturated carbocycles. The molecule has 6 N–H and O–H groups in total. The number of hydrogen-bond donors (Lipinski definition) is 6. The average Bonchev–Trinajstić information content (AvgIpc) is 0.889. The zero-order chi connectivity index (χ0) is 81.4. The number of aliphatic hydroxyl groups excluding tert-OH is 1. The minimum atomic E-state index is -4.05. The van der Waals surface area contributed by atoms with Crippen LogP contribution in [0.4, 0.5) is 0 Å². The van der Waals surface area contributed by atoms with Crippen LogP contribution < -0.4 is 31.5 Å². The highest BCUT2D eigenvalue weighted by Gasteiger charge is 2.29. The number of nitrogens with one attached hydrogen (secondary N) is 5. The number of hydrogen-bond acceptors (Lipinski definition) is 21. The van der Waals surface area contributed by atoms with Crippen molar-refractivity contribution in [1.82, 2.24) is 26.6 Å². The van der Waals surface area contributed by atoms with E-state index in [1.165, 1.54) is 78.1 Å². The highest BCUT2D eigenvalue weighted by molar-refractivity contribution is 7.52.